The molecule has 34 heavy (non-hydrogen) atoms. The zero-order chi connectivity index (χ0) is 23.3. The summed E-state index contributed by atoms with van der Waals surface area (Å²) >= 11 is 6.30. The SMILES string of the molecule is O=C(CCCc1c(-c2ccccn2)[nH]c2ccc(Cl)cc12)N1CCN(Cc2ccccc2)CC1. The second-order valence-electron chi connectivity index (χ2n) is 8.88. The third kappa shape index (κ3) is 5.16. The number of pyridine rings is 1. The van der Waals surface area contributed by atoms with Gasteiger partial charge < -0.3 is 9.88 Å². The first-order valence-electron chi connectivity index (χ1n) is 11.9. The summed E-state index contributed by atoms with van der Waals surface area (Å²) in [6, 6.07) is 22.4. The van der Waals surface area contributed by atoms with E-state index >= 15 is 0 Å². The Labute approximate surface area is 205 Å². The molecule has 5 nitrogen and oxygen atoms in total. The second kappa shape index (κ2) is 10.4. The van der Waals surface area contributed by atoms with Crippen molar-refractivity contribution in [1.82, 2.24) is 19.8 Å². The molecule has 1 saturated heterocycles. The number of H-pyrrole nitrogens is 1. The van der Waals surface area contributed by atoms with Crippen molar-refractivity contribution in [1.29, 1.82) is 0 Å². The van der Waals surface area contributed by atoms with Crippen molar-refractivity contribution < 1.29 is 4.79 Å². The summed E-state index contributed by atoms with van der Waals surface area (Å²) in [6.07, 6.45) is 3.94. The van der Waals surface area contributed by atoms with E-state index in [0.29, 0.717) is 11.4 Å². The summed E-state index contributed by atoms with van der Waals surface area (Å²) in [6.45, 7) is 4.39. The molecule has 5 rings (SSSR count). The molecule has 0 radical (unpaired) electrons. The van der Waals surface area contributed by atoms with Crippen molar-refractivity contribution in [3.8, 4) is 11.4 Å². The number of benzene rings is 2. The lowest BCUT2D eigenvalue weighted by Crippen LogP contribution is -2.48. The molecule has 2 aromatic carbocycles. The van der Waals surface area contributed by atoms with Gasteiger partial charge in [-0.2, -0.15) is 0 Å². The minimum atomic E-state index is 0.247. The van der Waals surface area contributed by atoms with Gasteiger partial charge in [-0.25, -0.2) is 0 Å². The molecule has 0 aliphatic carbocycles. The Morgan fingerprint density at radius 2 is 1.76 bits per heavy atom. The van der Waals surface area contributed by atoms with Gasteiger partial charge in [0, 0.05) is 61.3 Å². The summed E-state index contributed by atoms with van der Waals surface area (Å²) in [5.41, 5.74) is 5.47. The van der Waals surface area contributed by atoms with Crippen LogP contribution in [0.4, 0.5) is 0 Å². The number of rotatable bonds is 7. The first kappa shape index (κ1) is 22.6. The minimum Gasteiger partial charge on any atom is -0.353 e. The van der Waals surface area contributed by atoms with Crippen LogP contribution < -0.4 is 0 Å². The fourth-order valence-corrected chi connectivity index (χ4v) is 4.95. The van der Waals surface area contributed by atoms with Crippen LogP contribution in [0.1, 0.15) is 24.0 Å². The Hall–Kier alpha value is -3.15. The quantitative estimate of drug-likeness (QED) is 0.383. The normalized spacial score (nSPS) is 14.6. The topological polar surface area (TPSA) is 52.2 Å². The Kier molecular flexibility index (Phi) is 6.93. The van der Waals surface area contributed by atoms with Crippen LogP contribution >= 0.6 is 11.6 Å². The third-order valence-corrected chi connectivity index (χ3v) is 6.82. The first-order chi connectivity index (χ1) is 16.7. The van der Waals surface area contributed by atoms with E-state index in [0.717, 1.165) is 67.9 Å². The predicted molar refractivity (Wildman–Crippen MR) is 138 cm³/mol. The zero-order valence-corrected chi connectivity index (χ0v) is 20.0. The predicted octanol–water partition coefficient (Wildman–Crippen LogP) is 5.55. The number of aromatic nitrogens is 2. The van der Waals surface area contributed by atoms with E-state index in [1.807, 2.05) is 47.4 Å². The van der Waals surface area contributed by atoms with E-state index in [1.54, 1.807) is 6.20 Å². The van der Waals surface area contributed by atoms with E-state index in [4.69, 9.17) is 11.6 Å². The highest BCUT2D eigenvalue weighted by atomic mass is 35.5. The smallest absolute Gasteiger partial charge is 0.222 e. The summed E-state index contributed by atoms with van der Waals surface area (Å²) in [5, 5.41) is 1.82. The lowest BCUT2D eigenvalue weighted by molar-refractivity contribution is -0.133. The minimum absolute atomic E-state index is 0.247. The van der Waals surface area contributed by atoms with E-state index in [2.05, 4.69) is 39.1 Å². The van der Waals surface area contributed by atoms with E-state index in [-0.39, 0.29) is 5.91 Å². The molecule has 174 valence electrons. The van der Waals surface area contributed by atoms with Crippen LogP contribution in [0.15, 0.2) is 72.9 Å². The number of nitrogens with zero attached hydrogens (tertiary/aromatic N) is 3. The van der Waals surface area contributed by atoms with Gasteiger partial charge in [-0.15, -0.1) is 0 Å². The lowest BCUT2D eigenvalue weighted by atomic mass is 10.0. The van der Waals surface area contributed by atoms with Crippen molar-refractivity contribution in [2.75, 3.05) is 26.2 Å². The zero-order valence-electron chi connectivity index (χ0n) is 19.2. The van der Waals surface area contributed by atoms with Crippen molar-refractivity contribution in [2.24, 2.45) is 0 Å². The third-order valence-electron chi connectivity index (χ3n) is 6.58. The first-order valence-corrected chi connectivity index (χ1v) is 12.3. The molecule has 0 unspecified atom stereocenters. The molecule has 0 bridgehead atoms. The van der Waals surface area contributed by atoms with Gasteiger partial charge in [0.15, 0.2) is 0 Å². The summed E-state index contributed by atoms with van der Waals surface area (Å²) in [5.74, 6) is 0.247. The fraction of sp³-hybridized carbons (Fsp3) is 0.286. The number of halogens is 1. The summed E-state index contributed by atoms with van der Waals surface area (Å²) < 4.78 is 0. The fourth-order valence-electron chi connectivity index (χ4n) is 4.78. The Morgan fingerprint density at radius 1 is 0.971 bits per heavy atom. The number of hydrogen-bond acceptors (Lipinski definition) is 3. The maximum absolute atomic E-state index is 12.9. The highest BCUT2D eigenvalue weighted by Gasteiger charge is 2.21. The molecule has 1 aliphatic rings. The number of carbonyl (C=O) groups is 1. The number of amides is 1. The van der Waals surface area contributed by atoms with Gasteiger partial charge in [0.2, 0.25) is 5.91 Å². The van der Waals surface area contributed by atoms with Crippen LogP contribution in [0.25, 0.3) is 22.3 Å². The van der Waals surface area contributed by atoms with Gasteiger partial charge in [-0.05, 0) is 54.3 Å². The van der Waals surface area contributed by atoms with Crippen molar-refractivity contribution in [3.05, 3.63) is 89.1 Å². The molecule has 6 heteroatoms. The maximum Gasteiger partial charge on any atom is 0.222 e. The van der Waals surface area contributed by atoms with Crippen LogP contribution in [-0.2, 0) is 17.8 Å². The van der Waals surface area contributed by atoms with E-state index in [9.17, 15) is 4.79 Å². The number of carbonyl (C=O) groups excluding carboxylic acids is 1. The maximum atomic E-state index is 12.9. The number of fused-ring (bicyclic) bond motifs is 1. The molecule has 0 spiro atoms. The van der Waals surface area contributed by atoms with Crippen LogP contribution in [0.5, 0.6) is 0 Å². The van der Waals surface area contributed by atoms with Gasteiger partial charge in [-0.3, -0.25) is 14.7 Å². The Bertz CT molecular complexity index is 1250. The number of hydrogen-bond donors (Lipinski definition) is 1. The van der Waals surface area contributed by atoms with Gasteiger partial charge >= 0.3 is 0 Å². The molecule has 1 aliphatic heterocycles. The largest absolute Gasteiger partial charge is 0.353 e. The molecule has 4 aromatic rings. The van der Waals surface area contributed by atoms with E-state index in [1.165, 1.54) is 11.1 Å². The molecule has 1 amide bonds. The van der Waals surface area contributed by atoms with Crippen molar-refractivity contribution in [2.45, 2.75) is 25.8 Å². The molecular formula is C28H29ClN4O. The van der Waals surface area contributed by atoms with Crippen molar-refractivity contribution >= 4 is 28.4 Å². The summed E-state index contributed by atoms with van der Waals surface area (Å²) in [4.78, 5) is 25.4. The molecule has 1 fully saturated rings. The average Bonchev–Trinajstić information content (AvgIpc) is 3.23. The van der Waals surface area contributed by atoms with E-state index < -0.39 is 0 Å². The average molecular weight is 473 g/mol. The molecule has 0 atom stereocenters. The highest BCUT2D eigenvalue weighted by Crippen LogP contribution is 2.32. The molecule has 3 heterocycles. The van der Waals surface area contributed by atoms with Gasteiger partial charge in [0.1, 0.15) is 0 Å². The van der Waals surface area contributed by atoms with Crippen LogP contribution in [0.2, 0.25) is 5.02 Å². The van der Waals surface area contributed by atoms with Crippen LogP contribution in [-0.4, -0.2) is 51.9 Å². The van der Waals surface area contributed by atoms with Gasteiger partial charge in [0.25, 0.3) is 0 Å². The van der Waals surface area contributed by atoms with Gasteiger partial charge in [0.05, 0.1) is 11.4 Å². The highest BCUT2D eigenvalue weighted by molar-refractivity contribution is 6.31. The summed E-state index contributed by atoms with van der Waals surface area (Å²) in [7, 11) is 0. The number of piperazine rings is 1. The molecule has 0 saturated carbocycles. The monoisotopic (exact) mass is 472 g/mol. The van der Waals surface area contributed by atoms with Crippen molar-refractivity contribution in [3.63, 3.8) is 0 Å². The lowest BCUT2D eigenvalue weighted by Gasteiger charge is -2.34. The molecular weight excluding hydrogens is 444 g/mol. The number of aryl methyl sites for hydroxylation is 1. The Morgan fingerprint density at radius 3 is 2.53 bits per heavy atom. The van der Waals surface area contributed by atoms with Crippen LogP contribution in [0, 0.1) is 0 Å². The Balaban J connectivity index is 1.20. The standard InChI is InChI=1S/C28H29ClN4O/c29-22-12-13-25-24(19-22)23(28(31-25)26-10-4-5-14-30-26)9-6-11-27(34)33-17-15-32(16-18-33)20-21-7-2-1-3-8-21/h1-5,7-8,10,12-14,19,31H,6,9,11,15-18,20H2. The second-order valence-corrected chi connectivity index (χ2v) is 9.32. The molecule has 2 aromatic heterocycles. The van der Waals surface area contributed by atoms with Crippen LogP contribution in [0.3, 0.4) is 0 Å². The van der Waals surface area contributed by atoms with Gasteiger partial charge in [-0.1, -0.05) is 48.0 Å². The molecule has 1 N–H and O–H groups in total. The number of aromatic amines is 1. The number of nitrogens with one attached hydrogen (secondary N) is 1.